The highest BCUT2D eigenvalue weighted by molar-refractivity contribution is 5.90. The van der Waals surface area contributed by atoms with Gasteiger partial charge in [-0.15, -0.1) is 0 Å². The summed E-state index contributed by atoms with van der Waals surface area (Å²) in [6.07, 6.45) is 1.50. The molecule has 0 atom stereocenters. The lowest BCUT2D eigenvalue weighted by Crippen LogP contribution is -2.05. The molecule has 2 aromatic carbocycles. The molecule has 2 heterocycles. The fraction of sp³-hybridized carbons (Fsp3) is 0.0870. The van der Waals surface area contributed by atoms with Crippen LogP contribution in [0.3, 0.4) is 0 Å². The third-order valence-electron chi connectivity index (χ3n) is 4.32. The lowest BCUT2D eigenvalue weighted by atomic mass is 10.2. The van der Waals surface area contributed by atoms with Crippen molar-refractivity contribution in [3.8, 4) is 11.6 Å². The second-order valence-electron chi connectivity index (χ2n) is 6.38. The second kappa shape index (κ2) is 8.39. The molecule has 0 aliphatic heterocycles. The summed E-state index contributed by atoms with van der Waals surface area (Å²) in [4.78, 5) is 19.8. The third-order valence-corrected chi connectivity index (χ3v) is 4.32. The number of ether oxygens (including phenoxy) is 2. The van der Waals surface area contributed by atoms with Crippen molar-refractivity contribution in [3.05, 3.63) is 95.8 Å². The van der Waals surface area contributed by atoms with Crippen LogP contribution >= 0.6 is 0 Å². The van der Waals surface area contributed by atoms with Crippen molar-refractivity contribution in [1.29, 1.82) is 0 Å². The van der Waals surface area contributed by atoms with E-state index in [-0.39, 0.29) is 18.1 Å². The SMILES string of the molecule is O=C(O)c1cccnc1OCc1cccc(OCc2ccc3ccccc3n2)c1. The molecule has 0 saturated carbocycles. The Morgan fingerprint density at radius 1 is 0.897 bits per heavy atom. The molecule has 0 fully saturated rings. The van der Waals surface area contributed by atoms with Crippen molar-refractivity contribution in [1.82, 2.24) is 9.97 Å². The average Bonchev–Trinajstić information content (AvgIpc) is 2.76. The molecule has 4 aromatic rings. The van der Waals surface area contributed by atoms with Crippen molar-refractivity contribution >= 4 is 16.9 Å². The minimum atomic E-state index is -1.08. The van der Waals surface area contributed by atoms with Gasteiger partial charge in [-0.05, 0) is 42.0 Å². The molecule has 0 spiro atoms. The molecular weight excluding hydrogens is 368 g/mol. The van der Waals surface area contributed by atoms with Gasteiger partial charge in [0, 0.05) is 11.6 Å². The molecule has 6 heteroatoms. The van der Waals surface area contributed by atoms with Crippen molar-refractivity contribution in [2.75, 3.05) is 0 Å². The van der Waals surface area contributed by atoms with Crippen LogP contribution in [0, 0.1) is 0 Å². The first-order chi connectivity index (χ1) is 14.2. The quantitative estimate of drug-likeness (QED) is 0.504. The maximum atomic E-state index is 11.2. The minimum Gasteiger partial charge on any atom is -0.487 e. The smallest absolute Gasteiger partial charge is 0.341 e. The summed E-state index contributed by atoms with van der Waals surface area (Å²) in [5, 5.41) is 10.3. The monoisotopic (exact) mass is 386 g/mol. The number of hydrogen-bond acceptors (Lipinski definition) is 5. The van der Waals surface area contributed by atoms with E-state index < -0.39 is 5.97 Å². The minimum absolute atomic E-state index is 0.0299. The summed E-state index contributed by atoms with van der Waals surface area (Å²) in [5.74, 6) is -0.305. The molecule has 144 valence electrons. The van der Waals surface area contributed by atoms with Gasteiger partial charge >= 0.3 is 5.97 Å². The van der Waals surface area contributed by atoms with Crippen LogP contribution in [-0.4, -0.2) is 21.0 Å². The molecule has 0 saturated heterocycles. The van der Waals surface area contributed by atoms with Crippen molar-refractivity contribution in [3.63, 3.8) is 0 Å². The van der Waals surface area contributed by atoms with Crippen LogP contribution < -0.4 is 9.47 Å². The van der Waals surface area contributed by atoms with Gasteiger partial charge in [-0.1, -0.05) is 36.4 Å². The third kappa shape index (κ3) is 4.50. The van der Waals surface area contributed by atoms with E-state index in [4.69, 9.17) is 9.47 Å². The van der Waals surface area contributed by atoms with Gasteiger partial charge in [-0.2, -0.15) is 0 Å². The van der Waals surface area contributed by atoms with Gasteiger partial charge in [0.25, 0.3) is 0 Å². The van der Waals surface area contributed by atoms with Gasteiger partial charge in [0.05, 0.1) is 11.2 Å². The van der Waals surface area contributed by atoms with Crippen LogP contribution in [0.25, 0.3) is 10.9 Å². The van der Waals surface area contributed by atoms with Gasteiger partial charge in [-0.3, -0.25) is 0 Å². The number of hydrogen-bond donors (Lipinski definition) is 1. The molecule has 4 rings (SSSR count). The normalized spacial score (nSPS) is 10.6. The molecule has 0 amide bonds. The zero-order valence-electron chi connectivity index (χ0n) is 15.5. The summed E-state index contributed by atoms with van der Waals surface area (Å²) in [6.45, 7) is 0.529. The van der Waals surface area contributed by atoms with Gasteiger partial charge in [0.15, 0.2) is 0 Å². The van der Waals surface area contributed by atoms with Crippen LogP contribution in [0.15, 0.2) is 79.0 Å². The molecule has 0 aliphatic carbocycles. The first kappa shape index (κ1) is 18.4. The first-order valence-corrected chi connectivity index (χ1v) is 9.06. The number of benzene rings is 2. The molecule has 1 N–H and O–H groups in total. The standard InChI is InChI=1S/C23H18N2O4/c26-23(27)20-8-4-12-24-22(20)29-14-16-5-3-7-19(13-16)28-15-18-11-10-17-6-1-2-9-21(17)25-18/h1-13H,14-15H2,(H,26,27). The zero-order valence-corrected chi connectivity index (χ0v) is 15.5. The predicted octanol–water partition coefficient (Wildman–Crippen LogP) is 4.49. The highest BCUT2D eigenvalue weighted by atomic mass is 16.5. The van der Waals surface area contributed by atoms with Crippen LogP contribution in [0.5, 0.6) is 11.6 Å². The number of aromatic nitrogens is 2. The number of aromatic carboxylic acids is 1. The molecule has 29 heavy (non-hydrogen) atoms. The number of carboxylic acid groups (broad SMARTS) is 1. The molecule has 2 aromatic heterocycles. The molecule has 6 nitrogen and oxygen atoms in total. The van der Waals surface area contributed by atoms with E-state index in [0.717, 1.165) is 22.2 Å². The Morgan fingerprint density at radius 2 is 1.79 bits per heavy atom. The van der Waals surface area contributed by atoms with E-state index in [1.54, 1.807) is 6.07 Å². The number of pyridine rings is 2. The molecule has 0 aliphatic rings. The lowest BCUT2D eigenvalue weighted by molar-refractivity contribution is 0.0690. The Balaban J connectivity index is 1.41. The number of carboxylic acids is 1. The Bertz CT molecular complexity index is 1160. The van der Waals surface area contributed by atoms with Gasteiger partial charge in [-0.25, -0.2) is 14.8 Å². The summed E-state index contributed by atoms with van der Waals surface area (Å²) >= 11 is 0. The van der Waals surface area contributed by atoms with Crippen LogP contribution in [0.4, 0.5) is 0 Å². The summed E-state index contributed by atoms with van der Waals surface area (Å²) in [5.41, 5.74) is 2.64. The first-order valence-electron chi connectivity index (χ1n) is 9.06. The molecular formula is C23H18N2O4. The summed E-state index contributed by atoms with van der Waals surface area (Å²) in [6, 6.07) is 22.4. The number of carbonyl (C=O) groups is 1. The van der Waals surface area contributed by atoms with E-state index in [0.29, 0.717) is 12.4 Å². The van der Waals surface area contributed by atoms with Crippen molar-refractivity contribution < 1.29 is 19.4 Å². The summed E-state index contributed by atoms with van der Waals surface area (Å²) in [7, 11) is 0. The van der Waals surface area contributed by atoms with Crippen LogP contribution in [-0.2, 0) is 13.2 Å². The Labute approximate surface area is 167 Å². The average molecular weight is 386 g/mol. The lowest BCUT2D eigenvalue weighted by Gasteiger charge is -2.10. The van der Waals surface area contributed by atoms with E-state index in [9.17, 15) is 9.90 Å². The molecule has 0 radical (unpaired) electrons. The number of nitrogens with zero attached hydrogens (tertiary/aromatic N) is 2. The number of fused-ring (bicyclic) bond motifs is 1. The van der Waals surface area contributed by atoms with E-state index >= 15 is 0 Å². The van der Waals surface area contributed by atoms with Gasteiger partial charge < -0.3 is 14.6 Å². The fourth-order valence-electron chi connectivity index (χ4n) is 2.89. The van der Waals surface area contributed by atoms with Crippen molar-refractivity contribution in [2.24, 2.45) is 0 Å². The summed E-state index contributed by atoms with van der Waals surface area (Å²) < 4.78 is 11.5. The zero-order chi connectivity index (χ0) is 20.1. The van der Waals surface area contributed by atoms with Crippen LogP contribution in [0.1, 0.15) is 21.6 Å². The Hall–Kier alpha value is -3.93. The topological polar surface area (TPSA) is 81.5 Å². The number of para-hydroxylation sites is 1. The van der Waals surface area contributed by atoms with Crippen LogP contribution in [0.2, 0.25) is 0 Å². The highest BCUT2D eigenvalue weighted by Gasteiger charge is 2.12. The number of rotatable bonds is 7. The van der Waals surface area contributed by atoms with E-state index in [1.807, 2.05) is 60.7 Å². The predicted molar refractivity (Wildman–Crippen MR) is 108 cm³/mol. The van der Waals surface area contributed by atoms with E-state index in [1.165, 1.54) is 12.3 Å². The second-order valence-corrected chi connectivity index (χ2v) is 6.38. The Morgan fingerprint density at radius 3 is 2.69 bits per heavy atom. The van der Waals surface area contributed by atoms with E-state index in [2.05, 4.69) is 9.97 Å². The maximum Gasteiger partial charge on any atom is 0.341 e. The van der Waals surface area contributed by atoms with Gasteiger partial charge in [0.2, 0.25) is 5.88 Å². The fourth-order valence-corrected chi connectivity index (χ4v) is 2.89. The highest BCUT2D eigenvalue weighted by Crippen LogP contribution is 2.19. The molecule has 0 bridgehead atoms. The van der Waals surface area contributed by atoms with Crippen molar-refractivity contribution in [2.45, 2.75) is 13.2 Å². The maximum absolute atomic E-state index is 11.2. The molecule has 0 unspecified atom stereocenters. The largest absolute Gasteiger partial charge is 0.487 e. The van der Waals surface area contributed by atoms with Gasteiger partial charge in [0.1, 0.15) is 24.5 Å². The Kier molecular flexibility index (Phi) is 5.33.